The van der Waals surface area contributed by atoms with Gasteiger partial charge in [0.25, 0.3) is 0 Å². The van der Waals surface area contributed by atoms with Crippen LogP contribution in [0.5, 0.6) is 0 Å². The molecule has 0 N–H and O–H groups in total. The first-order valence-electron chi connectivity index (χ1n) is 8.53. The minimum Gasteiger partial charge on any atom is -0.289 e. The molecule has 2 aromatic carbocycles. The lowest BCUT2D eigenvalue weighted by atomic mass is 9.92. The summed E-state index contributed by atoms with van der Waals surface area (Å²) in [6.45, 7) is 0. The third kappa shape index (κ3) is 5.01. The van der Waals surface area contributed by atoms with Crippen LogP contribution in [0.4, 0.5) is 52.7 Å². The summed E-state index contributed by atoms with van der Waals surface area (Å²) >= 11 is 0. The number of carbonyl (C=O) groups excluding carboxylic acids is 1. The van der Waals surface area contributed by atoms with Gasteiger partial charge in [-0.05, 0) is 17.7 Å². The molecule has 0 aliphatic heterocycles. The van der Waals surface area contributed by atoms with E-state index in [1.54, 1.807) is 0 Å². The largest absolute Gasteiger partial charge is 0.460 e. The van der Waals surface area contributed by atoms with Gasteiger partial charge in [-0.2, -0.15) is 52.7 Å². The summed E-state index contributed by atoms with van der Waals surface area (Å²) in [6, 6.07) is 6.96. The van der Waals surface area contributed by atoms with Crippen molar-refractivity contribution in [1.29, 1.82) is 0 Å². The summed E-state index contributed by atoms with van der Waals surface area (Å²) in [4.78, 5) is 12.6. The number of ketones is 1. The van der Waals surface area contributed by atoms with Gasteiger partial charge in [-0.15, -0.1) is 0 Å². The van der Waals surface area contributed by atoms with Crippen LogP contribution < -0.4 is 0 Å². The Labute approximate surface area is 177 Å². The normalized spacial score (nSPS) is 14.4. The van der Waals surface area contributed by atoms with E-state index in [2.05, 4.69) is 0 Å². The average molecular weight is 494 g/mol. The van der Waals surface area contributed by atoms with Crippen LogP contribution in [-0.2, 0) is 6.18 Å². The summed E-state index contributed by atoms with van der Waals surface area (Å²) in [5.74, 6) is -22.0. The van der Waals surface area contributed by atoms with Crippen molar-refractivity contribution >= 4 is 11.4 Å². The molecule has 2 aromatic rings. The molecular weight excluding hydrogens is 484 g/mol. The van der Waals surface area contributed by atoms with Gasteiger partial charge in [0, 0.05) is 17.2 Å². The molecule has 0 atom stereocenters. The molecule has 0 amide bonds. The quantitative estimate of drug-likeness (QED) is 0.232. The van der Waals surface area contributed by atoms with E-state index in [0.29, 0.717) is 24.3 Å². The average Bonchev–Trinajstić information content (AvgIpc) is 2.70. The summed E-state index contributed by atoms with van der Waals surface area (Å²) < 4.78 is 157. The van der Waals surface area contributed by atoms with E-state index in [1.807, 2.05) is 0 Å². The van der Waals surface area contributed by atoms with Crippen LogP contribution in [-0.4, -0.2) is 29.7 Å². The van der Waals surface area contributed by atoms with Crippen molar-refractivity contribution in [1.82, 2.24) is 0 Å². The van der Waals surface area contributed by atoms with Gasteiger partial charge in [0.2, 0.25) is 0 Å². The molecule has 0 fully saturated rings. The Bertz CT molecular complexity index is 1020. The van der Waals surface area contributed by atoms with E-state index < -0.39 is 64.2 Å². The number of hydrogen-bond donors (Lipinski definition) is 0. The molecule has 0 saturated carbocycles. The first-order valence-corrected chi connectivity index (χ1v) is 8.53. The zero-order valence-electron chi connectivity index (χ0n) is 15.7. The molecule has 0 aliphatic carbocycles. The lowest BCUT2D eigenvalue weighted by Gasteiger charge is -2.32. The Kier molecular flexibility index (Phi) is 6.70. The maximum absolute atomic E-state index is 14.2. The molecule has 1 nitrogen and oxygen atoms in total. The fourth-order valence-corrected chi connectivity index (χ4v) is 2.52. The van der Waals surface area contributed by atoms with Gasteiger partial charge in [0.1, 0.15) is 0 Å². The number of alkyl halides is 12. The van der Waals surface area contributed by atoms with Crippen molar-refractivity contribution in [2.45, 2.75) is 30.1 Å². The zero-order valence-corrected chi connectivity index (χ0v) is 15.7. The highest BCUT2D eigenvalue weighted by Gasteiger charge is 2.81. The van der Waals surface area contributed by atoms with Gasteiger partial charge in [0.05, 0.1) is 5.56 Å². The Morgan fingerprint density at radius 2 is 1.09 bits per heavy atom. The number of carbonyl (C=O) groups is 1. The lowest BCUT2D eigenvalue weighted by Crippen LogP contribution is -2.60. The van der Waals surface area contributed by atoms with Crippen LogP contribution in [0.1, 0.15) is 21.5 Å². The van der Waals surface area contributed by atoms with E-state index >= 15 is 0 Å². The minimum absolute atomic E-state index is 0.362. The van der Waals surface area contributed by atoms with E-state index in [1.165, 1.54) is 6.07 Å². The highest BCUT2D eigenvalue weighted by molar-refractivity contribution is 6.29. The van der Waals surface area contributed by atoms with Crippen molar-refractivity contribution in [2.75, 3.05) is 0 Å². The van der Waals surface area contributed by atoms with Crippen LogP contribution >= 0.6 is 0 Å². The number of Topliss-reactive ketones (excluding diaryl/α,β-unsaturated/α-hetero) is 1. The van der Waals surface area contributed by atoms with Gasteiger partial charge < -0.3 is 0 Å². The lowest BCUT2D eigenvalue weighted by molar-refractivity contribution is -0.388. The highest BCUT2D eigenvalue weighted by atomic mass is 19.4. The SMILES string of the molecule is O=C(/C(=C/C(F)(F)C(F)(F)C(F)(F)C(F)(F)F)c1ccccc1)c1ccc(C(F)(F)F)cc1. The fourth-order valence-electron chi connectivity index (χ4n) is 2.52. The van der Waals surface area contributed by atoms with E-state index in [4.69, 9.17) is 0 Å². The summed E-state index contributed by atoms with van der Waals surface area (Å²) in [6.07, 6.45) is -13.0. The topological polar surface area (TPSA) is 17.1 Å². The summed E-state index contributed by atoms with van der Waals surface area (Å²) in [7, 11) is 0. The van der Waals surface area contributed by atoms with Crippen molar-refractivity contribution in [3.8, 4) is 0 Å². The van der Waals surface area contributed by atoms with E-state index in [9.17, 15) is 57.5 Å². The molecule has 0 bridgehead atoms. The van der Waals surface area contributed by atoms with Gasteiger partial charge in [-0.1, -0.05) is 42.5 Å². The van der Waals surface area contributed by atoms with Crippen molar-refractivity contribution in [2.24, 2.45) is 0 Å². The number of halogens is 12. The molecule has 0 aliphatic rings. The van der Waals surface area contributed by atoms with Crippen LogP contribution in [0.15, 0.2) is 60.7 Å². The fraction of sp³-hybridized carbons (Fsp3) is 0.250. The highest BCUT2D eigenvalue weighted by Crippen LogP contribution is 2.54. The first-order chi connectivity index (χ1) is 14.8. The predicted octanol–water partition coefficient (Wildman–Crippen LogP) is 7.44. The molecule has 13 heteroatoms. The Balaban J connectivity index is 2.64. The Morgan fingerprint density at radius 3 is 1.52 bits per heavy atom. The van der Waals surface area contributed by atoms with Crippen LogP contribution in [0.2, 0.25) is 0 Å². The van der Waals surface area contributed by atoms with Crippen molar-refractivity contribution in [3.05, 3.63) is 77.4 Å². The van der Waals surface area contributed by atoms with Gasteiger partial charge in [-0.25, -0.2) is 0 Å². The van der Waals surface area contributed by atoms with Crippen molar-refractivity contribution < 1.29 is 57.5 Å². The number of rotatable bonds is 6. The third-order valence-electron chi connectivity index (χ3n) is 4.30. The number of hydrogen-bond acceptors (Lipinski definition) is 1. The Morgan fingerprint density at radius 1 is 0.606 bits per heavy atom. The molecule has 2 rings (SSSR count). The number of allylic oxidation sites excluding steroid dienone is 2. The van der Waals surface area contributed by atoms with Crippen LogP contribution in [0, 0.1) is 0 Å². The molecular formula is C20H10F12O. The van der Waals surface area contributed by atoms with E-state index in [0.717, 1.165) is 24.3 Å². The third-order valence-corrected chi connectivity index (χ3v) is 4.30. The van der Waals surface area contributed by atoms with Crippen LogP contribution in [0.25, 0.3) is 5.57 Å². The standard InChI is InChI=1S/C20H10F12O/c21-16(22,18(26,27)19(28,29)20(30,31)32)10-14(11-4-2-1-3-5-11)15(33)12-6-8-13(9-7-12)17(23,24)25/h1-10H/b14-10+. The maximum Gasteiger partial charge on any atom is 0.460 e. The molecule has 0 aromatic heterocycles. The second-order valence-corrected chi connectivity index (χ2v) is 6.60. The first kappa shape index (κ1) is 26.3. The summed E-state index contributed by atoms with van der Waals surface area (Å²) in [5.41, 5.74) is -4.03. The Hall–Kier alpha value is -2.99. The molecule has 0 unspecified atom stereocenters. The van der Waals surface area contributed by atoms with Crippen molar-refractivity contribution in [3.63, 3.8) is 0 Å². The summed E-state index contributed by atoms with van der Waals surface area (Å²) in [5, 5.41) is 0. The van der Waals surface area contributed by atoms with Gasteiger partial charge in [0.15, 0.2) is 5.78 Å². The second kappa shape index (κ2) is 8.41. The van der Waals surface area contributed by atoms with Gasteiger partial charge >= 0.3 is 30.1 Å². The predicted molar refractivity (Wildman–Crippen MR) is 91.1 cm³/mol. The molecule has 180 valence electrons. The second-order valence-electron chi connectivity index (χ2n) is 6.60. The maximum atomic E-state index is 14.2. The number of benzene rings is 2. The zero-order chi connectivity index (χ0) is 25.5. The smallest absolute Gasteiger partial charge is 0.289 e. The monoisotopic (exact) mass is 494 g/mol. The molecule has 0 spiro atoms. The van der Waals surface area contributed by atoms with Gasteiger partial charge in [-0.3, -0.25) is 4.79 Å². The molecule has 33 heavy (non-hydrogen) atoms. The molecule has 0 saturated heterocycles. The minimum atomic E-state index is -7.18. The van der Waals surface area contributed by atoms with Crippen LogP contribution in [0.3, 0.4) is 0 Å². The van der Waals surface area contributed by atoms with E-state index in [-0.39, 0.29) is 0 Å². The molecule has 0 heterocycles. The molecule has 0 radical (unpaired) electrons.